The Morgan fingerprint density at radius 3 is 2.84 bits per heavy atom. The van der Waals surface area contributed by atoms with E-state index in [0.29, 0.717) is 19.6 Å². The fraction of sp³-hybridized carbons (Fsp3) is 0.643. The molecule has 0 aliphatic rings. The van der Waals surface area contributed by atoms with Crippen molar-refractivity contribution < 1.29 is 4.79 Å². The Hall–Kier alpha value is -0.910. The van der Waals surface area contributed by atoms with Crippen molar-refractivity contribution in [2.24, 2.45) is 11.1 Å². The van der Waals surface area contributed by atoms with Gasteiger partial charge >= 0.3 is 0 Å². The first-order chi connectivity index (χ1) is 8.93. The Morgan fingerprint density at radius 2 is 2.26 bits per heavy atom. The minimum atomic E-state index is 0.0476. The second-order valence-corrected chi connectivity index (χ2v) is 6.75. The Kier molecular flexibility index (Phi) is 6.48. The molecule has 0 bridgehead atoms. The second kappa shape index (κ2) is 7.62. The van der Waals surface area contributed by atoms with Gasteiger partial charge in [0.05, 0.1) is 6.54 Å². The molecule has 0 radical (unpaired) electrons. The van der Waals surface area contributed by atoms with Crippen LogP contribution in [0.5, 0.6) is 0 Å². The van der Waals surface area contributed by atoms with Crippen LogP contribution in [0.2, 0.25) is 0 Å². The van der Waals surface area contributed by atoms with Crippen LogP contribution in [0.1, 0.15) is 18.7 Å². The number of likely N-dealkylation sites (N-methyl/N-ethyl adjacent to an activating group) is 1. The van der Waals surface area contributed by atoms with E-state index < -0.39 is 0 Å². The summed E-state index contributed by atoms with van der Waals surface area (Å²) in [6.45, 7) is 6.79. The maximum absolute atomic E-state index is 11.8. The van der Waals surface area contributed by atoms with E-state index in [-0.39, 0.29) is 11.3 Å². The molecule has 1 aromatic heterocycles. The van der Waals surface area contributed by atoms with Gasteiger partial charge in [-0.25, -0.2) is 0 Å². The summed E-state index contributed by atoms with van der Waals surface area (Å²) >= 11 is 1.72. The third-order valence-electron chi connectivity index (χ3n) is 2.94. The smallest absolute Gasteiger partial charge is 0.234 e. The van der Waals surface area contributed by atoms with Crippen LogP contribution in [0, 0.1) is 5.41 Å². The molecular formula is C14H25N3OS. The Balaban J connectivity index is 2.20. The van der Waals surface area contributed by atoms with E-state index in [1.165, 1.54) is 4.88 Å². The van der Waals surface area contributed by atoms with Crippen LogP contribution in [-0.2, 0) is 11.2 Å². The maximum atomic E-state index is 11.8. The monoisotopic (exact) mass is 283 g/mol. The van der Waals surface area contributed by atoms with Crippen molar-refractivity contribution in [1.29, 1.82) is 0 Å². The number of nitrogens with one attached hydrogen (secondary N) is 1. The first kappa shape index (κ1) is 16.1. The lowest BCUT2D eigenvalue weighted by atomic mass is 9.93. The molecule has 0 aliphatic heterocycles. The van der Waals surface area contributed by atoms with Crippen molar-refractivity contribution in [3.63, 3.8) is 0 Å². The molecule has 1 heterocycles. The van der Waals surface area contributed by atoms with Gasteiger partial charge in [0.25, 0.3) is 0 Å². The molecule has 0 aromatic carbocycles. The highest BCUT2D eigenvalue weighted by Crippen LogP contribution is 2.13. The zero-order valence-corrected chi connectivity index (χ0v) is 12.9. The topological polar surface area (TPSA) is 58.4 Å². The third-order valence-corrected chi connectivity index (χ3v) is 3.87. The molecule has 0 atom stereocenters. The Bertz CT molecular complexity index is 376. The fourth-order valence-electron chi connectivity index (χ4n) is 1.93. The largest absolute Gasteiger partial charge is 0.355 e. The van der Waals surface area contributed by atoms with Crippen molar-refractivity contribution in [2.45, 2.75) is 20.3 Å². The van der Waals surface area contributed by atoms with Gasteiger partial charge in [-0.05, 0) is 36.9 Å². The lowest BCUT2D eigenvalue weighted by Gasteiger charge is -2.28. The van der Waals surface area contributed by atoms with Crippen molar-refractivity contribution in [1.82, 2.24) is 10.2 Å². The van der Waals surface area contributed by atoms with Gasteiger partial charge in [0.1, 0.15) is 0 Å². The van der Waals surface area contributed by atoms with Gasteiger partial charge in [-0.2, -0.15) is 0 Å². The van der Waals surface area contributed by atoms with E-state index in [9.17, 15) is 4.79 Å². The number of rotatable bonds is 8. The Labute approximate surface area is 120 Å². The Morgan fingerprint density at radius 1 is 1.53 bits per heavy atom. The van der Waals surface area contributed by atoms with Gasteiger partial charge in [-0.1, -0.05) is 19.9 Å². The number of hydrogen-bond donors (Lipinski definition) is 2. The summed E-state index contributed by atoms with van der Waals surface area (Å²) in [6.07, 6.45) is 0.904. The van der Waals surface area contributed by atoms with E-state index in [1.54, 1.807) is 11.3 Å². The molecule has 1 rings (SSSR count). The number of hydrogen-bond acceptors (Lipinski definition) is 4. The highest BCUT2D eigenvalue weighted by atomic mass is 32.1. The zero-order valence-electron chi connectivity index (χ0n) is 12.1. The fourth-order valence-corrected chi connectivity index (χ4v) is 2.64. The first-order valence-corrected chi connectivity index (χ1v) is 7.48. The second-order valence-electron chi connectivity index (χ2n) is 5.72. The molecule has 5 heteroatoms. The number of nitrogens with zero attached hydrogens (tertiary/aromatic N) is 1. The summed E-state index contributed by atoms with van der Waals surface area (Å²) in [5, 5.41) is 5.01. The van der Waals surface area contributed by atoms with Crippen LogP contribution >= 0.6 is 11.3 Å². The molecule has 1 aromatic rings. The van der Waals surface area contributed by atoms with E-state index in [2.05, 4.69) is 30.6 Å². The molecule has 3 N–H and O–H groups in total. The normalized spacial score (nSPS) is 11.8. The van der Waals surface area contributed by atoms with Gasteiger partial charge in [0.2, 0.25) is 5.91 Å². The number of thiophene rings is 1. The summed E-state index contributed by atoms with van der Waals surface area (Å²) < 4.78 is 0. The maximum Gasteiger partial charge on any atom is 0.234 e. The SMILES string of the molecule is CN(CC(=O)NCCc1cccs1)CC(C)(C)CN. The highest BCUT2D eigenvalue weighted by molar-refractivity contribution is 7.09. The van der Waals surface area contributed by atoms with Crippen molar-refractivity contribution in [2.75, 3.05) is 33.2 Å². The molecular weight excluding hydrogens is 258 g/mol. The van der Waals surface area contributed by atoms with E-state index in [0.717, 1.165) is 13.0 Å². The van der Waals surface area contributed by atoms with Crippen LogP contribution in [0.4, 0.5) is 0 Å². The van der Waals surface area contributed by atoms with Crippen LogP contribution in [-0.4, -0.2) is 44.0 Å². The van der Waals surface area contributed by atoms with Crippen LogP contribution < -0.4 is 11.1 Å². The molecule has 4 nitrogen and oxygen atoms in total. The number of carbonyl (C=O) groups is 1. The average Bonchev–Trinajstić information content (AvgIpc) is 2.81. The molecule has 0 fully saturated rings. The summed E-state index contributed by atoms with van der Waals surface area (Å²) in [5.41, 5.74) is 5.74. The van der Waals surface area contributed by atoms with Crippen molar-refractivity contribution >= 4 is 17.2 Å². The molecule has 108 valence electrons. The summed E-state index contributed by atoms with van der Waals surface area (Å²) in [5.74, 6) is 0.0758. The summed E-state index contributed by atoms with van der Waals surface area (Å²) in [6, 6.07) is 4.12. The summed E-state index contributed by atoms with van der Waals surface area (Å²) in [4.78, 5) is 15.1. The van der Waals surface area contributed by atoms with Crippen molar-refractivity contribution in [3.8, 4) is 0 Å². The van der Waals surface area contributed by atoms with Gasteiger partial charge < -0.3 is 11.1 Å². The quantitative estimate of drug-likeness (QED) is 0.756. The molecule has 19 heavy (non-hydrogen) atoms. The molecule has 0 unspecified atom stereocenters. The standard InChI is InChI=1S/C14H25N3OS/c1-14(2,10-15)11-17(3)9-13(18)16-7-6-12-5-4-8-19-12/h4-5,8H,6-7,9-11,15H2,1-3H3,(H,16,18). The van der Waals surface area contributed by atoms with Crippen LogP contribution in [0.25, 0.3) is 0 Å². The molecule has 0 saturated carbocycles. The lowest BCUT2D eigenvalue weighted by molar-refractivity contribution is -0.122. The van der Waals surface area contributed by atoms with Gasteiger partial charge in [-0.3, -0.25) is 9.69 Å². The number of amides is 1. The highest BCUT2D eigenvalue weighted by Gasteiger charge is 2.19. The molecule has 0 spiro atoms. The van der Waals surface area contributed by atoms with Crippen LogP contribution in [0.15, 0.2) is 17.5 Å². The molecule has 0 saturated heterocycles. The van der Waals surface area contributed by atoms with E-state index in [1.807, 2.05) is 18.0 Å². The van der Waals surface area contributed by atoms with E-state index in [4.69, 9.17) is 5.73 Å². The van der Waals surface area contributed by atoms with Gasteiger partial charge in [0.15, 0.2) is 0 Å². The average molecular weight is 283 g/mol. The number of carbonyl (C=O) groups excluding carboxylic acids is 1. The summed E-state index contributed by atoms with van der Waals surface area (Å²) in [7, 11) is 1.95. The lowest BCUT2D eigenvalue weighted by Crippen LogP contribution is -2.42. The van der Waals surface area contributed by atoms with Crippen LogP contribution in [0.3, 0.4) is 0 Å². The van der Waals surface area contributed by atoms with Crippen molar-refractivity contribution in [3.05, 3.63) is 22.4 Å². The number of nitrogens with two attached hydrogens (primary N) is 1. The minimum absolute atomic E-state index is 0.0476. The van der Waals surface area contributed by atoms with Gasteiger partial charge in [-0.15, -0.1) is 11.3 Å². The predicted octanol–water partition coefficient (Wildman–Crippen LogP) is 1.32. The predicted molar refractivity (Wildman–Crippen MR) is 81.4 cm³/mol. The molecule has 0 aliphatic carbocycles. The molecule has 1 amide bonds. The third kappa shape index (κ3) is 6.71. The van der Waals surface area contributed by atoms with E-state index >= 15 is 0 Å². The first-order valence-electron chi connectivity index (χ1n) is 6.60. The van der Waals surface area contributed by atoms with Gasteiger partial charge in [0, 0.05) is 18.0 Å². The minimum Gasteiger partial charge on any atom is -0.355 e. The zero-order chi connectivity index (χ0) is 14.3.